The first-order valence-electron chi connectivity index (χ1n) is 6.69. The first kappa shape index (κ1) is 12.0. The van der Waals surface area contributed by atoms with Crippen LogP contribution in [0.1, 0.15) is 5.69 Å². The summed E-state index contributed by atoms with van der Waals surface area (Å²) in [6, 6.07) is 6.85. The van der Waals surface area contributed by atoms with Crippen molar-refractivity contribution in [1.29, 1.82) is 0 Å². The maximum Gasteiger partial charge on any atom is 0.0434 e. The lowest BCUT2D eigenvalue weighted by Crippen LogP contribution is -2.67. The predicted molar refractivity (Wildman–Crippen MR) is 70.9 cm³/mol. The first-order valence-corrected chi connectivity index (χ1v) is 6.69. The minimum absolute atomic E-state index is 0.281. The molecule has 2 bridgehead atoms. The van der Waals surface area contributed by atoms with Gasteiger partial charge in [0.1, 0.15) is 0 Å². The van der Waals surface area contributed by atoms with Gasteiger partial charge in [-0.1, -0.05) is 6.07 Å². The summed E-state index contributed by atoms with van der Waals surface area (Å²) in [7, 11) is 0. The van der Waals surface area contributed by atoms with Crippen molar-refractivity contribution in [2.24, 2.45) is 5.84 Å². The van der Waals surface area contributed by atoms with Gasteiger partial charge in [0, 0.05) is 63.1 Å². The molecule has 5 nitrogen and oxygen atoms in total. The molecule has 0 spiro atoms. The van der Waals surface area contributed by atoms with Crippen LogP contribution >= 0.6 is 0 Å². The maximum absolute atomic E-state index is 5.76. The van der Waals surface area contributed by atoms with Gasteiger partial charge in [0.15, 0.2) is 0 Å². The van der Waals surface area contributed by atoms with Crippen molar-refractivity contribution in [3.05, 3.63) is 30.1 Å². The lowest BCUT2D eigenvalue weighted by atomic mass is 9.96. The summed E-state index contributed by atoms with van der Waals surface area (Å²) in [5, 5.41) is 0. The van der Waals surface area contributed by atoms with Crippen molar-refractivity contribution in [2.45, 2.75) is 18.5 Å². The number of nitrogens with two attached hydrogens (primary N) is 1. The van der Waals surface area contributed by atoms with Crippen LogP contribution in [0.4, 0.5) is 0 Å². The molecule has 4 rings (SSSR count). The second-order valence-electron chi connectivity index (χ2n) is 5.20. The smallest absolute Gasteiger partial charge is 0.0434 e. The SMILES string of the molecule is NNC(Cc1ccccn1)C1CN2CCN1CC2. The number of rotatable bonds is 4. The van der Waals surface area contributed by atoms with Crippen LogP contribution in [0.2, 0.25) is 0 Å². The fraction of sp³-hybridized carbons (Fsp3) is 0.615. The molecule has 0 amide bonds. The van der Waals surface area contributed by atoms with E-state index in [1.54, 1.807) is 0 Å². The third-order valence-electron chi connectivity index (χ3n) is 4.15. The molecule has 1 aromatic heterocycles. The Morgan fingerprint density at radius 1 is 1.33 bits per heavy atom. The van der Waals surface area contributed by atoms with Crippen LogP contribution in [0, 0.1) is 0 Å². The predicted octanol–water partition coefficient (Wildman–Crippen LogP) is -0.544. The summed E-state index contributed by atoms with van der Waals surface area (Å²) in [5.74, 6) is 5.76. The molecule has 98 valence electrons. The fourth-order valence-corrected chi connectivity index (χ4v) is 3.09. The molecule has 3 fully saturated rings. The van der Waals surface area contributed by atoms with Crippen molar-refractivity contribution in [1.82, 2.24) is 20.2 Å². The van der Waals surface area contributed by atoms with Gasteiger partial charge in [0.25, 0.3) is 0 Å². The van der Waals surface area contributed by atoms with E-state index in [0.29, 0.717) is 6.04 Å². The fourth-order valence-electron chi connectivity index (χ4n) is 3.09. The second-order valence-corrected chi connectivity index (χ2v) is 5.20. The summed E-state index contributed by atoms with van der Waals surface area (Å²) < 4.78 is 0. The Morgan fingerprint density at radius 3 is 2.72 bits per heavy atom. The van der Waals surface area contributed by atoms with Gasteiger partial charge in [-0.3, -0.25) is 26.1 Å². The monoisotopic (exact) mass is 247 g/mol. The van der Waals surface area contributed by atoms with E-state index in [0.717, 1.165) is 18.7 Å². The summed E-state index contributed by atoms with van der Waals surface area (Å²) in [6.45, 7) is 5.88. The van der Waals surface area contributed by atoms with E-state index in [-0.39, 0.29) is 6.04 Å². The van der Waals surface area contributed by atoms with Crippen LogP contribution in [0.25, 0.3) is 0 Å². The number of aromatic nitrogens is 1. The number of piperazine rings is 3. The van der Waals surface area contributed by atoms with E-state index in [9.17, 15) is 0 Å². The normalized spacial score (nSPS) is 32.4. The van der Waals surface area contributed by atoms with Crippen LogP contribution in [-0.2, 0) is 6.42 Å². The Hall–Kier alpha value is -1.01. The molecule has 5 heteroatoms. The van der Waals surface area contributed by atoms with Crippen molar-refractivity contribution < 1.29 is 0 Å². The molecule has 2 atom stereocenters. The number of pyridine rings is 1. The van der Waals surface area contributed by atoms with E-state index < -0.39 is 0 Å². The van der Waals surface area contributed by atoms with Gasteiger partial charge in [-0.05, 0) is 12.1 Å². The quantitative estimate of drug-likeness (QED) is 0.552. The number of nitrogens with one attached hydrogen (secondary N) is 1. The summed E-state index contributed by atoms with van der Waals surface area (Å²) in [4.78, 5) is 9.49. The van der Waals surface area contributed by atoms with E-state index in [1.165, 1.54) is 26.2 Å². The highest BCUT2D eigenvalue weighted by Crippen LogP contribution is 2.19. The summed E-state index contributed by atoms with van der Waals surface area (Å²) in [5.41, 5.74) is 4.11. The van der Waals surface area contributed by atoms with E-state index >= 15 is 0 Å². The van der Waals surface area contributed by atoms with Crippen molar-refractivity contribution >= 4 is 0 Å². The van der Waals surface area contributed by atoms with Crippen LogP contribution in [-0.4, -0.2) is 59.6 Å². The van der Waals surface area contributed by atoms with E-state index in [1.807, 2.05) is 18.3 Å². The average Bonchev–Trinajstić information content (AvgIpc) is 2.47. The maximum atomic E-state index is 5.76. The Kier molecular flexibility index (Phi) is 3.56. The molecule has 3 aliphatic heterocycles. The number of fused-ring (bicyclic) bond motifs is 3. The molecule has 4 heterocycles. The summed E-state index contributed by atoms with van der Waals surface area (Å²) >= 11 is 0. The van der Waals surface area contributed by atoms with Crippen molar-refractivity contribution in [3.8, 4) is 0 Å². The van der Waals surface area contributed by atoms with E-state index in [4.69, 9.17) is 5.84 Å². The molecule has 0 saturated carbocycles. The van der Waals surface area contributed by atoms with Gasteiger partial charge >= 0.3 is 0 Å². The van der Waals surface area contributed by atoms with Crippen LogP contribution in [0.3, 0.4) is 0 Å². The van der Waals surface area contributed by atoms with Crippen LogP contribution < -0.4 is 11.3 Å². The molecule has 0 radical (unpaired) electrons. The van der Waals surface area contributed by atoms with Gasteiger partial charge in [-0.15, -0.1) is 0 Å². The number of hydrazine groups is 1. The lowest BCUT2D eigenvalue weighted by molar-refractivity contribution is -0.00328. The number of hydrogen-bond donors (Lipinski definition) is 2. The molecule has 3 N–H and O–H groups in total. The standard InChI is InChI=1S/C13H21N5/c14-16-12(9-11-3-1-2-4-15-11)13-10-17-5-7-18(13)8-6-17/h1-4,12-13,16H,5-10,14H2. The van der Waals surface area contributed by atoms with Crippen molar-refractivity contribution in [2.75, 3.05) is 32.7 Å². The Morgan fingerprint density at radius 2 is 2.17 bits per heavy atom. The summed E-state index contributed by atoms with van der Waals surface area (Å²) in [6.07, 6.45) is 2.74. The van der Waals surface area contributed by atoms with Gasteiger partial charge in [0.05, 0.1) is 0 Å². The molecule has 18 heavy (non-hydrogen) atoms. The molecule has 1 aromatic rings. The number of nitrogens with zero attached hydrogens (tertiary/aromatic N) is 3. The number of hydrogen-bond acceptors (Lipinski definition) is 5. The van der Waals surface area contributed by atoms with Crippen molar-refractivity contribution in [3.63, 3.8) is 0 Å². The van der Waals surface area contributed by atoms with E-state index in [2.05, 4.69) is 26.3 Å². The molecule has 3 saturated heterocycles. The highest BCUT2D eigenvalue weighted by molar-refractivity contribution is 5.07. The average molecular weight is 247 g/mol. The zero-order valence-electron chi connectivity index (χ0n) is 10.6. The van der Waals surface area contributed by atoms with Gasteiger partial charge < -0.3 is 0 Å². The Balaban J connectivity index is 1.69. The zero-order chi connectivity index (χ0) is 12.4. The highest BCUT2D eigenvalue weighted by Gasteiger charge is 2.36. The highest BCUT2D eigenvalue weighted by atomic mass is 15.4. The second kappa shape index (κ2) is 5.32. The third kappa shape index (κ3) is 2.40. The minimum atomic E-state index is 0.281. The molecular formula is C13H21N5. The zero-order valence-corrected chi connectivity index (χ0v) is 10.6. The molecule has 0 aromatic carbocycles. The molecule has 3 aliphatic rings. The third-order valence-corrected chi connectivity index (χ3v) is 4.15. The van der Waals surface area contributed by atoms with Gasteiger partial charge in [-0.2, -0.15) is 0 Å². The molecule has 2 unspecified atom stereocenters. The largest absolute Gasteiger partial charge is 0.299 e. The van der Waals surface area contributed by atoms with Gasteiger partial charge in [-0.25, -0.2) is 0 Å². The van der Waals surface area contributed by atoms with Gasteiger partial charge in [0.2, 0.25) is 0 Å². The molecule has 0 aliphatic carbocycles. The van der Waals surface area contributed by atoms with Crippen LogP contribution in [0.15, 0.2) is 24.4 Å². The Bertz CT molecular complexity index is 374. The van der Waals surface area contributed by atoms with Crippen LogP contribution in [0.5, 0.6) is 0 Å². The first-order chi connectivity index (χ1) is 8.86. The molecular weight excluding hydrogens is 226 g/mol. The Labute approximate surface area is 108 Å². The topological polar surface area (TPSA) is 57.4 Å². The lowest BCUT2D eigenvalue weighted by Gasteiger charge is -2.50. The minimum Gasteiger partial charge on any atom is -0.299 e.